The van der Waals surface area contributed by atoms with E-state index in [0.717, 1.165) is 54.9 Å². The molecule has 0 bridgehead atoms. The number of benzene rings is 5. The molecule has 2 saturated heterocycles. The summed E-state index contributed by atoms with van der Waals surface area (Å²) in [5.41, 5.74) is 4.83. The molecule has 0 aliphatic carbocycles. The second-order valence-corrected chi connectivity index (χ2v) is 19.3. The average Bonchev–Trinajstić information content (AvgIpc) is 3.30. The Kier molecular flexibility index (Phi) is 14.3. The SMILES string of the molecule is O=C(O)C1CCN(CCC(CSc2ccccc2)Nc2ccc(S(=O)(=O)Nc3ncnc4cc(N5CCN(Cc6cc(Cl)ccc6-c6ccccc6)CC5)ccc34)cc2[N+](=O)[O-])CC1. The van der Waals surface area contributed by atoms with Crippen LogP contribution in [0.2, 0.25) is 5.02 Å². The molecule has 5 aromatic carbocycles. The number of aromatic nitrogens is 2. The zero-order valence-corrected chi connectivity index (χ0v) is 37.4. The number of carbonyl (C=O) groups is 1. The van der Waals surface area contributed by atoms with Crippen molar-refractivity contribution >= 4 is 73.1 Å². The Labute approximate surface area is 381 Å². The van der Waals surface area contributed by atoms with Crippen molar-refractivity contribution in [2.75, 3.05) is 66.5 Å². The Morgan fingerprint density at radius 2 is 1.61 bits per heavy atom. The minimum absolute atomic E-state index is 0.0624. The number of halogens is 1. The quantitative estimate of drug-likeness (QED) is 0.0451. The molecule has 0 spiro atoms. The molecule has 332 valence electrons. The van der Waals surface area contributed by atoms with Gasteiger partial charge in [-0.25, -0.2) is 18.4 Å². The molecular weight excluding hydrogens is 872 g/mol. The van der Waals surface area contributed by atoms with E-state index in [1.807, 2.05) is 72.8 Å². The highest BCUT2D eigenvalue weighted by atomic mass is 35.5. The fourth-order valence-electron chi connectivity index (χ4n) is 8.33. The first-order valence-corrected chi connectivity index (χ1v) is 24.1. The molecule has 1 aromatic heterocycles. The summed E-state index contributed by atoms with van der Waals surface area (Å²) in [7, 11) is -4.32. The molecule has 3 heterocycles. The van der Waals surface area contributed by atoms with Gasteiger partial charge in [0.15, 0.2) is 5.82 Å². The first kappa shape index (κ1) is 44.8. The van der Waals surface area contributed by atoms with E-state index in [4.69, 9.17) is 11.6 Å². The van der Waals surface area contributed by atoms with Crippen LogP contribution in [0.3, 0.4) is 0 Å². The molecular formula is C47H49ClN8O6S2. The van der Waals surface area contributed by atoms with Gasteiger partial charge in [-0.05, 0) is 104 Å². The zero-order valence-electron chi connectivity index (χ0n) is 35.1. The molecule has 0 amide bonds. The fourth-order valence-corrected chi connectivity index (χ4v) is 10.6. The Bertz CT molecular complexity index is 2700. The van der Waals surface area contributed by atoms with Crippen LogP contribution in [0.15, 0.2) is 131 Å². The van der Waals surface area contributed by atoms with Crippen molar-refractivity contribution in [2.45, 2.75) is 41.6 Å². The van der Waals surface area contributed by atoms with Crippen LogP contribution in [0.5, 0.6) is 0 Å². The summed E-state index contributed by atoms with van der Waals surface area (Å²) >= 11 is 8.05. The minimum atomic E-state index is -4.32. The molecule has 14 nitrogen and oxygen atoms in total. The van der Waals surface area contributed by atoms with Crippen LogP contribution >= 0.6 is 23.4 Å². The number of aliphatic carboxylic acids is 1. The van der Waals surface area contributed by atoms with Crippen LogP contribution in [-0.4, -0.2) is 102 Å². The van der Waals surface area contributed by atoms with Crippen LogP contribution in [0.1, 0.15) is 24.8 Å². The van der Waals surface area contributed by atoms with E-state index in [2.05, 4.69) is 52.9 Å². The fraction of sp³-hybridized carbons (Fsp3) is 0.298. The predicted molar refractivity (Wildman–Crippen MR) is 254 cm³/mol. The molecule has 17 heteroatoms. The van der Waals surface area contributed by atoms with Crippen LogP contribution in [-0.2, 0) is 21.4 Å². The number of nitrogens with one attached hydrogen (secondary N) is 2. The number of rotatable bonds is 17. The summed E-state index contributed by atoms with van der Waals surface area (Å²) in [4.78, 5) is 39.8. The van der Waals surface area contributed by atoms with E-state index in [1.54, 1.807) is 17.8 Å². The molecule has 2 aliphatic heterocycles. The monoisotopic (exact) mass is 920 g/mol. The van der Waals surface area contributed by atoms with E-state index < -0.39 is 20.9 Å². The zero-order chi connectivity index (χ0) is 44.6. The summed E-state index contributed by atoms with van der Waals surface area (Å²) in [5, 5.41) is 26.4. The molecule has 2 aliphatic rings. The third-order valence-corrected chi connectivity index (χ3v) is 14.6. The highest BCUT2D eigenvalue weighted by Crippen LogP contribution is 2.33. The predicted octanol–water partition coefficient (Wildman–Crippen LogP) is 8.74. The first-order chi connectivity index (χ1) is 31.0. The lowest BCUT2D eigenvalue weighted by Crippen LogP contribution is -2.46. The van der Waals surface area contributed by atoms with E-state index in [1.165, 1.54) is 29.6 Å². The Morgan fingerprint density at radius 3 is 2.33 bits per heavy atom. The van der Waals surface area contributed by atoms with Gasteiger partial charge in [0.25, 0.3) is 15.7 Å². The van der Waals surface area contributed by atoms with Crippen molar-refractivity contribution in [3.63, 3.8) is 0 Å². The van der Waals surface area contributed by atoms with Gasteiger partial charge in [-0.2, -0.15) is 0 Å². The van der Waals surface area contributed by atoms with Gasteiger partial charge >= 0.3 is 5.97 Å². The van der Waals surface area contributed by atoms with Crippen molar-refractivity contribution in [1.82, 2.24) is 19.8 Å². The highest BCUT2D eigenvalue weighted by Gasteiger charge is 2.27. The van der Waals surface area contributed by atoms with Gasteiger partial charge in [-0.3, -0.25) is 24.5 Å². The molecule has 6 aromatic rings. The molecule has 0 radical (unpaired) electrons. The number of hydrogen-bond acceptors (Lipinski definition) is 12. The van der Waals surface area contributed by atoms with Gasteiger partial charge in [0.05, 0.1) is 21.3 Å². The van der Waals surface area contributed by atoms with Crippen LogP contribution < -0.4 is 14.9 Å². The van der Waals surface area contributed by atoms with Crippen molar-refractivity contribution in [3.8, 4) is 11.1 Å². The Morgan fingerprint density at radius 1 is 0.875 bits per heavy atom. The topological polar surface area (TPSA) is 174 Å². The Hall–Kier alpha value is -5.78. The summed E-state index contributed by atoms with van der Waals surface area (Å²) < 4.78 is 30.3. The van der Waals surface area contributed by atoms with E-state index in [0.29, 0.717) is 60.6 Å². The van der Waals surface area contributed by atoms with Gasteiger partial charge in [0.1, 0.15) is 12.0 Å². The molecule has 0 saturated carbocycles. The summed E-state index contributed by atoms with van der Waals surface area (Å²) in [6.07, 6.45) is 3.09. The number of hydrogen-bond donors (Lipinski definition) is 3. The Balaban J connectivity index is 0.933. The van der Waals surface area contributed by atoms with E-state index in [9.17, 15) is 28.4 Å². The number of carboxylic acid groups (broad SMARTS) is 1. The molecule has 1 unspecified atom stereocenters. The number of piperidine rings is 1. The maximum absolute atomic E-state index is 13.9. The van der Waals surface area contributed by atoms with Crippen molar-refractivity contribution in [1.29, 1.82) is 0 Å². The van der Waals surface area contributed by atoms with Crippen LogP contribution in [0.4, 0.5) is 22.9 Å². The largest absolute Gasteiger partial charge is 0.481 e. The number of nitro groups is 1. The van der Waals surface area contributed by atoms with Gasteiger partial charge in [0.2, 0.25) is 0 Å². The molecule has 2 fully saturated rings. The normalized spacial score (nSPS) is 15.8. The molecule has 8 rings (SSSR count). The van der Waals surface area contributed by atoms with Gasteiger partial charge in [-0.15, -0.1) is 11.8 Å². The highest BCUT2D eigenvalue weighted by molar-refractivity contribution is 7.99. The summed E-state index contributed by atoms with van der Waals surface area (Å²) in [5.74, 6) is -0.456. The second-order valence-electron chi connectivity index (χ2n) is 16.1. The van der Waals surface area contributed by atoms with E-state index in [-0.39, 0.29) is 34.0 Å². The number of piperazine rings is 1. The van der Waals surface area contributed by atoms with Gasteiger partial charge < -0.3 is 20.2 Å². The molecule has 1 atom stereocenters. The lowest BCUT2D eigenvalue weighted by atomic mass is 9.97. The standard InChI is InChI=1S/C47H49ClN8O6S2/c48-36-11-14-41(33-7-3-1-4-8-33)35(27-36)30-54-23-25-55(26-24-54)38-12-15-42-44(28-38)49-32-50-46(42)52-64(61,62)40-13-16-43(45(29-40)56(59)60)51-37(31-63-39-9-5-2-6-10-39)19-22-53-20-17-34(18-21-53)47(57)58/h1-16,27-29,32,34,37,51H,17-26,30-31H2,(H,57,58)(H,49,50,52). The molecule has 64 heavy (non-hydrogen) atoms. The number of likely N-dealkylation sites (tertiary alicyclic amines) is 1. The summed E-state index contributed by atoms with van der Waals surface area (Å²) in [6.45, 7) is 5.99. The lowest BCUT2D eigenvalue weighted by molar-refractivity contribution is -0.384. The number of nitrogens with zero attached hydrogens (tertiary/aromatic N) is 6. The van der Waals surface area contributed by atoms with Crippen molar-refractivity contribution in [3.05, 3.63) is 142 Å². The van der Waals surface area contributed by atoms with Crippen molar-refractivity contribution in [2.24, 2.45) is 5.92 Å². The number of thioether (sulfide) groups is 1. The van der Waals surface area contributed by atoms with E-state index >= 15 is 0 Å². The number of carboxylic acids is 1. The minimum Gasteiger partial charge on any atom is -0.481 e. The summed E-state index contributed by atoms with van der Waals surface area (Å²) in [6, 6.07) is 35.5. The second kappa shape index (κ2) is 20.4. The average molecular weight is 922 g/mol. The lowest BCUT2D eigenvalue weighted by Gasteiger charge is -2.36. The number of nitro benzene ring substituents is 1. The molecule has 3 N–H and O–H groups in total. The third-order valence-electron chi connectivity index (χ3n) is 11.9. The number of sulfonamides is 1. The van der Waals surface area contributed by atoms with Crippen LogP contribution in [0, 0.1) is 16.0 Å². The third kappa shape index (κ3) is 11.1. The maximum atomic E-state index is 13.9. The van der Waals surface area contributed by atoms with Crippen molar-refractivity contribution < 1.29 is 23.2 Å². The number of anilines is 3. The van der Waals surface area contributed by atoms with Gasteiger partial charge in [0, 0.05) is 78.1 Å². The number of fused-ring (bicyclic) bond motifs is 1. The first-order valence-electron chi connectivity index (χ1n) is 21.3. The van der Waals surface area contributed by atoms with Crippen LogP contribution in [0.25, 0.3) is 22.0 Å². The maximum Gasteiger partial charge on any atom is 0.306 e. The van der Waals surface area contributed by atoms with Gasteiger partial charge in [-0.1, -0.05) is 66.2 Å². The smallest absolute Gasteiger partial charge is 0.306 e.